The van der Waals surface area contributed by atoms with Gasteiger partial charge < -0.3 is 9.67 Å². The molecule has 2 rings (SSSR count). The van der Waals surface area contributed by atoms with Crippen molar-refractivity contribution < 1.29 is 9.90 Å². The molecule has 1 aromatic carbocycles. The molecular weight excluding hydrogens is 272 g/mol. The number of carbonyl (C=O) groups is 1. The van der Waals surface area contributed by atoms with Gasteiger partial charge in [0.2, 0.25) is 0 Å². The van der Waals surface area contributed by atoms with Crippen LogP contribution in [0.15, 0.2) is 23.4 Å². The molecule has 0 bridgehead atoms. The standard InChI is InChI=1S/C12H13ClN2O2S/c1-7(2)15-10-5-8(13)3-4-9(10)14-12(15)18-6-11(16)17/h3-5,7H,6H2,1-2H3,(H,16,17). The Balaban J connectivity index is 2.51. The first kappa shape index (κ1) is 13.2. The Hall–Kier alpha value is -1.20. The van der Waals surface area contributed by atoms with Gasteiger partial charge >= 0.3 is 5.97 Å². The molecule has 4 nitrogen and oxygen atoms in total. The average molecular weight is 285 g/mol. The van der Waals surface area contributed by atoms with E-state index in [0.717, 1.165) is 11.0 Å². The second kappa shape index (κ2) is 5.20. The highest BCUT2D eigenvalue weighted by Gasteiger charge is 2.15. The second-order valence-corrected chi connectivity index (χ2v) is 5.55. The largest absolute Gasteiger partial charge is 0.481 e. The quantitative estimate of drug-likeness (QED) is 0.874. The molecule has 6 heteroatoms. The fourth-order valence-corrected chi connectivity index (χ4v) is 2.80. The third-order valence-corrected chi connectivity index (χ3v) is 3.63. The topological polar surface area (TPSA) is 55.1 Å². The summed E-state index contributed by atoms with van der Waals surface area (Å²) in [6, 6.07) is 5.69. The number of thioether (sulfide) groups is 1. The maximum Gasteiger partial charge on any atom is 0.313 e. The summed E-state index contributed by atoms with van der Waals surface area (Å²) in [4.78, 5) is 15.1. The first-order valence-electron chi connectivity index (χ1n) is 5.51. The molecule has 96 valence electrons. The molecule has 18 heavy (non-hydrogen) atoms. The van der Waals surface area contributed by atoms with E-state index < -0.39 is 5.97 Å². The Morgan fingerprint density at radius 1 is 1.56 bits per heavy atom. The van der Waals surface area contributed by atoms with Crippen LogP contribution in [-0.4, -0.2) is 26.4 Å². The summed E-state index contributed by atoms with van der Waals surface area (Å²) in [5, 5.41) is 10.1. The summed E-state index contributed by atoms with van der Waals surface area (Å²) in [6.45, 7) is 4.07. The highest BCUT2D eigenvalue weighted by Crippen LogP contribution is 2.29. The minimum absolute atomic E-state index is 0.00374. The van der Waals surface area contributed by atoms with E-state index in [2.05, 4.69) is 4.98 Å². The summed E-state index contributed by atoms with van der Waals surface area (Å²) in [5.74, 6) is -0.843. The van der Waals surface area contributed by atoms with Gasteiger partial charge in [-0.25, -0.2) is 4.98 Å². The molecule has 0 saturated heterocycles. The molecule has 0 spiro atoms. The number of carboxylic acid groups (broad SMARTS) is 1. The maximum absolute atomic E-state index is 10.6. The van der Waals surface area contributed by atoms with Crippen molar-refractivity contribution in [3.63, 3.8) is 0 Å². The molecule has 1 aromatic heterocycles. The predicted octanol–water partition coefficient (Wildman–Crippen LogP) is 3.45. The van der Waals surface area contributed by atoms with Crippen LogP contribution in [0.4, 0.5) is 0 Å². The number of carboxylic acids is 1. The molecule has 2 aromatic rings. The van der Waals surface area contributed by atoms with Crippen molar-refractivity contribution in [3.05, 3.63) is 23.2 Å². The number of nitrogens with zero attached hydrogens (tertiary/aromatic N) is 2. The smallest absolute Gasteiger partial charge is 0.313 e. The van der Waals surface area contributed by atoms with E-state index in [9.17, 15) is 4.79 Å². The number of aliphatic carboxylic acids is 1. The van der Waals surface area contributed by atoms with Gasteiger partial charge in [-0.2, -0.15) is 0 Å². The summed E-state index contributed by atoms with van der Waals surface area (Å²) in [5.41, 5.74) is 1.77. The van der Waals surface area contributed by atoms with Crippen LogP contribution in [-0.2, 0) is 4.79 Å². The molecule has 0 fully saturated rings. The minimum atomic E-state index is -0.847. The molecule has 0 amide bonds. The fraction of sp³-hybridized carbons (Fsp3) is 0.333. The molecule has 1 N–H and O–H groups in total. The van der Waals surface area contributed by atoms with Crippen LogP contribution < -0.4 is 0 Å². The van der Waals surface area contributed by atoms with Gasteiger partial charge in [0, 0.05) is 11.1 Å². The second-order valence-electron chi connectivity index (χ2n) is 4.17. The van der Waals surface area contributed by atoms with Gasteiger partial charge in [0.05, 0.1) is 16.8 Å². The minimum Gasteiger partial charge on any atom is -0.481 e. The zero-order chi connectivity index (χ0) is 13.3. The van der Waals surface area contributed by atoms with E-state index in [4.69, 9.17) is 16.7 Å². The van der Waals surface area contributed by atoms with Crippen molar-refractivity contribution in [2.75, 3.05) is 5.75 Å². The van der Waals surface area contributed by atoms with Gasteiger partial charge in [-0.1, -0.05) is 23.4 Å². The summed E-state index contributed by atoms with van der Waals surface area (Å²) in [7, 11) is 0. The number of hydrogen-bond donors (Lipinski definition) is 1. The van der Waals surface area contributed by atoms with Crippen molar-refractivity contribution in [3.8, 4) is 0 Å². The number of halogens is 1. The number of rotatable bonds is 4. The summed E-state index contributed by atoms with van der Waals surface area (Å²) < 4.78 is 2.01. The number of hydrogen-bond acceptors (Lipinski definition) is 3. The summed E-state index contributed by atoms with van der Waals surface area (Å²) >= 11 is 7.21. The third kappa shape index (κ3) is 2.62. The van der Waals surface area contributed by atoms with E-state index in [1.54, 1.807) is 6.07 Å². The molecular formula is C12H13ClN2O2S. The van der Waals surface area contributed by atoms with E-state index in [-0.39, 0.29) is 11.8 Å². The monoisotopic (exact) mass is 284 g/mol. The molecule has 0 atom stereocenters. The average Bonchev–Trinajstić information content (AvgIpc) is 2.63. The Labute approximate surface area is 114 Å². The normalized spacial score (nSPS) is 11.3. The van der Waals surface area contributed by atoms with E-state index in [1.807, 2.05) is 30.5 Å². The number of fused-ring (bicyclic) bond motifs is 1. The van der Waals surface area contributed by atoms with Crippen molar-refractivity contribution in [2.45, 2.75) is 25.0 Å². The van der Waals surface area contributed by atoms with Gasteiger partial charge in [-0.15, -0.1) is 0 Å². The molecule has 0 aliphatic rings. The first-order chi connectivity index (χ1) is 8.49. The van der Waals surface area contributed by atoms with Crippen LogP contribution >= 0.6 is 23.4 Å². The van der Waals surface area contributed by atoms with Crippen LogP contribution in [0.1, 0.15) is 19.9 Å². The van der Waals surface area contributed by atoms with E-state index in [0.29, 0.717) is 10.2 Å². The lowest BCUT2D eigenvalue weighted by molar-refractivity contribution is -0.133. The third-order valence-electron chi connectivity index (χ3n) is 2.46. The lowest BCUT2D eigenvalue weighted by atomic mass is 10.3. The molecule has 0 radical (unpaired) electrons. The Kier molecular flexibility index (Phi) is 3.82. The van der Waals surface area contributed by atoms with E-state index >= 15 is 0 Å². The molecule has 0 aliphatic heterocycles. The highest BCUT2D eigenvalue weighted by molar-refractivity contribution is 7.99. The SMILES string of the molecule is CC(C)n1c(SCC(=O)O)nc2ccc(Cl)cc21. The lowest BCUT2D eigenvalue weighted by Crippen LogP contribution is -2.05. The fourth-order valence-electron chi connectivity index (χ4n) is 1.77. The number of imidazole rings is 1. The number of aromatic nitrogens is 2. The van der Waals surface area contributed by atoms with Gasteiger partial charge in [0.1, 0.15) is 0 Å². The van der Waals surface area contributed by atoms with Crippen LogP contribution in [0, 0.1) is 0 Å². The lowest BCUT2D eigenvalue weighted by Gasteiger charge is -2.11. The van der Waals surface area contributed by atoms with Gasteiger partial charge in [-0.05, 0) is 32.0 Å². The number of benzene rings is 1. The van der Waals surface area contributed by atoms with Crippen molar-refractivity contribution in [1.82, 2.24) is 9.55 Å². The van der Waals surface area contributed by atoms with Crippen LogP contribution in [0.2, 0.25) is 5.02 Å². The van der Waals surface area contributed by atoms with Gasteiger partial charge in [0.25, 0.3) is 0 Å². The summed E-state index contributed by atoms with van der Waals surface area (Å²) in [6.07, 6.45) is 0. The van der Waals surface area contributed by atoms with Gasteiger partial charge in [-0.3, -0.25) is 4.79 Å². The Morgan fingerprint density at radius 3 is 2.89 bits per heavy atom. The zero-order valence-corrected chi connectivity index (χ0v) is 11.6. The predicted molar refractivity (Wildman–Crippen MR) is 73.5 cm³/mol. The maximum atomic E-state index is 10.6. The molecule has 0 saturated carbocycles. The molecule has 0 aliphatic carbocycles. The highest BCUT2D eigenvalue weighted by atomic mass is 35.5. The molecule has 1 heterocycles. The van der Waals surface area contributed by atoms with Crippen molar-refractivity contribution in [2.24, 2.45) is 0 Å². The van der Waals surface area contributed by atoms with Crippen LogP contribution in [0.5, 0.6) is 0 Å². The first-order valence-corrected chi connectivity index (χ1v) is 6.87. The van der Waals surface area contributed by atoms with Crippen LogP contribution in [0.3, 0.4) is 0 Å². The molecule has 0 unspecified atom stereocenters. The Bertz CT molecular complexity index is 595. The van der Waals surface area contributed by atoms with Gasteiger partial charge in [0.15, 0.2) is 5.16 Å². The van der Waals surface area contributed by atoms with Crippen molar-refractivity contribution in [1.29, 1.82) is 0 Å². The Morgan fingerprint density at radius 2 is 2.28 bits per heavy atom. The van der Waals surface area contributed by atoms with Crippen molar-refractivity contribution >= 4 is 40.4 Å². The zero-order valence-electron chi connectivity index (χ0n) is 10.1. The van der Waals surface area contributed by atoms with E-state index in [1.165, 1.54) is 11.8 Å². The van der Waals surface area contributed by atoms with Crippen LogP contribution in [0.25, 0.3) is 11.0 Å².